The van der Waals surface area contributed by atoms with Crippen molar-refractivity contribution in [2.75, 3.05) is 37.0 Å². The number of aromatic nitrogens is 3. The average Bonchev–Trinajstić information content (AvgIpc) is 2.76. The van der Waals surface area contributed by atoms with Crippen LogP contribution in [0.3, 0.4) is 0 Å². The van der Waals surface area contributed by atoms with E-state index in [1.54, 1.807) is 0 Å². The number of ether oxygens (including phenoxy) is 1. The second kappa shape index (κ2) is 5.56. The number of hydrogen-bond acceptors (Lipinski definition) is 7. The molecule has 0 aliphatic carbocycles. The van der Waals surface area contributed by atoms with Crippen LogP contribution in [0.1, 0.15) is 26.7 Å². The Morgan fingerprint density at radius 1 is 1.42 bits per heavy atom. The van der Waals surface area contributed by atoms with Crippen molar-refractivity contribution in [1.29, 1.82) is 0 Å². The third-order valence-electron chi connectivity index (χ3n) is 3.05. The third kappa shape index (κ3) is 3.44. The van der Waals surface area contributed by atoms with Gasteiger partial charge in [0, 0.05) is 19.6 Å². The second-order valence-corrected chi connectivity index (χ2v) is 5.04. The SMILES string of the molecule is CCCNc1nc(OC)nc(N2CCC(C)(O)C2)n1. The van der Waals surface area contributed by atoms with Crippen LogP contribution < -0.4 is 15.0 Å². The average molecular weight is 267 g/mol. The van der Waals surface area contributed by atoms with Crippen LogP contribution in [0.15, 0.2) is 0 Å². The van der Waals surface area contributed by atoms with Gasteiger partial charge in [0.1, 0.15) is 0 Å². The standard InChI is InChI=1S/C12H21N5O2/c1-4-6-13-9-14-10(16-11(15-9)19-3)17-7-5-12(2,18)8-17/h18H,4-8H2,1-3H3,(H,13,14,15,16). The maximum atomic E-state index is 10.0. The summed E-state index contributed by atoms with van der Waals surface area (Å²) in [6.45, 7) is 5.94. The van der Waals surface area contributed by atoms with Crippen molar-refractivity contribution < 1.29 is 9.84 Å². The number of hydrogen-bond donors (Lipinski definition) is 2. The Bertz CT molecular complexity index is 438. The molecule has 1 unspecified atom stereocenters. The summed E-state index contributed by atoms with van der Waals surface area (Å²) in [5, 5.41) is 13.1. The van der Waals surface area contributed by atoms with Crippen molar-refractivity contribution in [3.8, 4) is 6.01 Å². The van der Waals surface area contributed by atoms with Crippen LogP contribution in [0.25, 0.3) is 0 Å². The highest BCUT2D eigenvalue weighted by atomic mass is 16.5. The molecule has 0 radical (unpaired) electrons. The number of β-amino-alcohol motifs (C(OH)–C–C–N with tert-alkyl or cyclic N) is 1. The molecule has 1 saturated heterocycles. The van der Waals surface area contributed by atoms with Crippen LogP contribution in [0.5, 0.6) is 6.01 Å². The van der Waals surface area contributed by atoms with E-state index in [0.717, 1.165) is 19.5 Å². The van der Waals surface area contributed by atoms with Crippen LogP contribution >= 0.6 is 0 Å². The molecule has 2 heterocycles. The van der Waals surface area contributed by atoms with Gasteiger partial charge in [0.25, 0.3) is 0 Å². The van der Waals surface area contributed by atoms with Crippen molar-refractivity contribution in [3.05, 3.63) is 0 Å². The summed E-state index contributed by atoms with van der Waals surface area (Å²) in [6, 6.07) is 0.287. The van der Waals surface area contributed by atoms with Gasteiger partial charge in [-0.25, -0.2) is 0 Å². The molecule has 1 aromatic rings. The first-order valence-electron chi connectivity index (χ1n) is 6.55. The van der Waals surface area contributed by atoms with Gasteiger partial charge in [-0.05, 0) is 19.8 Å². The van der Waals surface area contributed by atoms with Crippen LogP contribution in [0, 0.1) is 0 Å². The molecule has 0 aromatic carbocycles. The van der Waals surface area contributed by atoms with Crippen molar-refractivity contribution in [2.24, 2.45) is 0 Å². The molecule has 19 heavy (non-hydrogen) atoms. The van der Waals surface area contributed by atoms with E-state index in [1.165, 1.54) is 7.11 Å². The van der Waals surface area contributed by atoms with E-state index in [2.05, 4.69) is 27.2 Å². The molecule has 1 aliphatic rings. The van der Waals surface area contributed by atoms with Gasteiger partial charge in [-0.2, -0.15) is 15.0 Å². The first kappa shape index (κ1) is 13.8. The van der Waals surface area contributed by atoms with Gasteiger partial charge >= 0.3 is 6.01 Å². The summed E-state index contributed by atoms with van der Waals surface area (Å²) in [5.41, 5.74) is -0.684. The number of methoxy groups -OCH3 is 1. The van der Waals surface area contributed by atoms with Gasteiger partial charge in [-0.15, -0.1) is 0 Å². The minimum Gasteiger partial charge on any atom is -0.467 e. The van der Waals surface area contributed by atoms with E-state index in [-0.39, 0.29) is 6.01 Å². The lowest BCUT2D eigenvalue weighted by Gasteiger charge is -2.19. The normalized spacial score (nSPS) is 22.6. The summed E-state index contributed by atoms with van der Waals surface area (Å²) in [7, 11) is 1.53. The molecular formula is C12H21N5O2. The van der Waals surface area contributed by atoms with E-state index in [4.69, 9.17) is 4.74 Å². The highest BCUT2D eigenvalue weighted by molar-refractivity contribution is 5.40. The van der Waals surface area contributed by atoms with E-state index >= 15 is 0 Å². The van der Waals surface area contributed by atoms with Crippen LogP contribution in [-0.2, 0) is 0 Å². The van der Waals surface area contributed by atoms with Crippen molar-refractivity contribution in [3.63, 3.8) is 0 Å². The van der Waals surface area contributed by atoms with E-state index < -0.39 is 5.60 Å². The fourth-order valence-corrected chi connectivity index (χ4v) is 2.01. The summed E-state index contributed by atoms with van der Waals surface area (Å²) < 4.78 is 5.10. The molecule has 0 bridgehead atoms. The Morgan fingerprint density at radius 2 is 2.21 bits per heavy atom. The van der Waals surface area contributed by atoms with Gasteiger partial charge < -0.3 is 20.1 Å². The summed E-state index contributed by atoms with van der Waals surface area (Å²) in [6.07, 6.45) is 1.69. The fraction of sp³-hybridized carbons (Fsp3) is 0.750. The summed E-state index contributed by atoms with van der Waals surface area (Å²) >= 11 is 0. The van der Waals surface area contributed by atoms with Crippen molar-refractivity contribution in [2.45, 2.75) is 32.3 Å². The Kier molecular flexibility index (Phi) is 4.04. The van der Waals surface area contributed by atoms with Gasteiger partial charge in [-0.3, -0.25) is 0 Å². The molecule has 2 N–H and O–H groups in total. The molecule has 0 spiro atoms. The molecule has 1 atom stereocenters. The summed E-state index contributed by atoms with van der Waals surface area (Å²) in [4.78, 5) is 14.7. The minimum absolute atomic E-state index is 0.287. The van der Waals surface area contributed by atoms with Gasteiger partial charge in [0.2, 0.25) is 11.9 Å². The van der Waals surface area contributed by atoms with Gasteiger partial charge in [-0.1, -0.05) is 6.92 Å². The van der Waals surface area contributed by atoms with E-state index in [1.807, 2.05) is 11.8 Å². The zero-order valence-corrected chi connectivity index (χ0v) is 11.7. The third-order valence-corrected chi connectivity index (χ3v) is 3.05. The van der Waals surface area contributed by atoms with E-state index in [9.17, 15) is 5.11 Å². The predicted octanol–water partition coefficient (Wildman–Crippen LogP) is 0.663. The molecule has 7 heteroatoms. The van der Waals surface area contributed by atoms with Gasteiger partial charge in [0.15, 0.2) is 0 Å². The molecule has 7 nitrogen and oxygen atoms in total. The Morgan fingerprint density at radius 3 is 2.79 bits per heavy atom. The molecule has 0 saturated carbocycles. The first-order chi connectivity index (χ1) is 9.04. The number of rotatable bonds is 5. The van der Waals surface area contributed by atoms with Crippen LogP contribution in [-0.4, -0.2) is 52.4 Å². The molecule has 2 rings (SSSR count). The topological polar surface area (TPSA) is 83.4 Å². The largest absolute Gasteiger partial charge is 0.467 e. The molecule has 1 aromatic heterocycles. The highest BCUT2D eigenvalue weighted by Crippen LogP contribution is 2.25. The monoisotopic (exact) mass is 267 g/mol. The fourth-order valence-electron chi connectivity index (χ4n) is 2.01. The number of anilines is 2. The number of nitrogens with zero attached hydrogens (tertiary/aromatic N) is 4. The Hall–Kier alpha value is -1.63. The van der Waals surface area contributed by atoms with Crippen LogP contribution in [0.4, 0.5) is 11.9 Å². The Labute approximate surface area is 113 Å². The maximum Gasteiger partial charge on any atom is 0.322 e. The maximum absolute atomic E-state index is 10.0. The number of aliphatic hydroxyl groups is 1. The van der Waals surface area contributed by atoms with E-state index in [0.29, 0.717) is 24.9 Å². The summed E-state index contributed by atoms with van der Waals surface area (Å²) in [5.74, 6) is 1.05. The zero-order chi connectivity index (χ0) is 13.9. The smallest absolute Gasteiger partial charge is 0.322 e. The van der Waals surface area contributed by atoms with Crippen LogP contribution in [0.2, 0.25) is 0 Å². The zero-order valence-electron chi connectivity index (χ0n) is 11.7. The minimum atomic E-state index is -0.684. The quantitative estimate of drug-likeness (QED) is 0.811. The predicted molar refractivity (Wildman–Crippen MR) is 72.6 cm³/mol. The molecule has 0 amide bonds. The molecule has 106 valence electrons. The molecule has 1 fully saturated rings. The second-order valence-electron chi connectivity index (χ2n) is 5.04. The highest BCUT2D eigenvalue weighted by Gasteiger charge is 2.33. The first-order valence-corrected chi connectivity index (χ1v) is 6.55. The molecule has 1 aliphatic heterocycles. The lowest BCUT2D eigenvalue weighted by molar-refractivity contribution is 0.0838. The van der Waals surface area contributed by atoms with Gasteiger partial charge in [0.05, 0.1) is 12.7 Å². The molecular weight excluding hydrogens is 246 g/mol. The lowest BCUT2D eigenvalue weighted by Crippen LogP contribution is -2.30. The van der Waals surface area contributed by atoms with Crippen molar-refractivity contribution >= 4 is 11.9 Å². The Balaban J connectivity index is 2.19. The number of nitrogens with one attached hydrogen (secondary N) is 1. The lowest BCUT2D eigenvalue weighted by atomic mass is 10.1. The van der Waals surface area contributed by atoms with Crippen molar-refractivity contribution in [1.82, 2.24) is 15.0 Å².